The van der Waals surface area contributed by atoms with Crippen LogP contribution in [0.1, 0.15) is 50.8 Å². The van der Waals surface area contributed by atoms with Crippen molar-refractivity contribution in [3.8, 4) is 0 Å². The molecule has 0 radical (unpaired) electrons. The fourth-order valence-electron chi connectivity index (χ4n) is 3.25. The van der Waals surface area contributed by atoms with Crippen LogP contribution < -0.4 is 0 Å². The lowest BCUT2D eigenvalue weighted by Crippen LogP contribution is -2.20. The minimum Gasteiger partial charge on any atom is -0.386 e. The fraction of sp³-hybridized carbons (Fsp3) is 0.500. The molecule has 0 aliphatic heterocycles. The molecule has 0 saturated heterocycles. The van der Waals surface area contributed by atoms with Crippen LogP contribution in [-0.2, 0) is 17.6 Å². The van der Waals surface area contributed by atoms with Crippen LogP contribution >= 0.6 is 0 Å². The van der Waals surface area contributed by atoms with Gasteiger partial charge in [-0.25, -0.2) is 0 Å². The minimum absolute atomic E-state index is 0.218. The van der Waals surface area contributed by atoms with Gasteiger partial charge < -0.3 is 9.67 Å². The lowest BCUT2D eigenvalue weighted by Gasteiger charge is -2.18. The van der Waals surface area contributed by atoms with E-state index in [1.807, 2.05) is 22.7 Å². The topological polar surface area (TPSA) is 81.1 Å². The normalized spacial score (nSPS) is 16.9. The third-order valence-electron chi connectivity index (χ3n) is 4.66. The summed E-state index contributed by atoms with van der Waals surface area (Å²) < 4.78 is 4.04. The van der Waals surface area contributed by atoms with Gasteiger partial charge in [0.05, 0.1) is 11.0 Å². The van der Waals surface area contributed by atoms with Crippen LogP contribution in [0.4, 0.5) is 0 Å². The summed E-state index contributed by atoms with van der Waals surface area (Å²) >= 11 is 0. The first-order valence-corrected chi connectivity index (χ1v) is 7.93. The van der Waals surface area contributed by atoms with Gasteiger partial charge in [-0.1, -0.05) is 6.07 Å². The van der Waals surface area contributed by atoms with E-state index in [-0.39, 0.29) is 5.41 Å². The van der Waals surface area contributed by atoms with Crippen LogP contribution in [0.3, 0.4) is 0 Å². The summed E-state index contributed by atoms with van der Waals surface area (Å²) in [6.07, 6.45) is 5.69. The number of pyridine rings is 1. The van der Waals surface area contributed by atoms with E-state index in [4.69, 9.17) is 0 Å². The SMILES string of the molecule is CCn1cnnc1C1(c2nnc3c(C(C)(C)O)cccn23)CC1. The molecule has 0 spiro atoms. The molecule has 3 heterocycles. The van der Waals surface area contributed by atoms with Gasteiger partial charge in [-0.2, -0.15) is 0 Å². The third kappa shape index (κ3) is 1.99. The van der Waals surface area contributed by atoms with E-state index >= 15 is 0 Å². The summed E-state index contributed by atoms with van der Waals surface area (Å²) in [7, 11) is 0. The molecule has 1 aliphatic carbocycles. The molecule has 1 N–H and O–H groups in total. The van der Waals surface area contributed by atoms with E-state index in [0.717, 1.165) is 36.6 Å². The molecule has 1 fully saturated rings. The largest absolute Gasteiger partial charge is 0.386 e. The van der Waals surface area contributed by atoms with Gasteiger partial charge >= 0.3 is 0 Å². The highest BCUT2D eigenvalue weighted by atomic mass is 16.3. The van der Waals surface area contributed by atoms with Crippen LogP contribution in [0.15, 0.2) is 24.7 Å². The maximum absolute atomic E-state index is 10.4. The Kier molecular flexibility index (Phi) is 2.87. The first-order valence-electron chi connectivity index (χ1n) is 7.93. The molecular formula is C16H20N6O. The zero-order chi connectivity index (χ0) is 16.2. The van der Waals surface area contributed by atoms with Crippen molar-refractivity contribution < 1.29 is 5.11 Å². The Balaban J connectivity index is 1.91. The fourth-order valence-corrected chi connectivity index (χ4v) is 3.25. The van der Waals surface area contributed by atoms with E-state index in [9.17, 15) is 5.11 Å². The van der Waals surface area contributed by atoms with Crippen LogP contribution in [0.2, 0.25) is 0 Å². The number of aliphatic hydroxyl groups is 1. The van der Waals surface area contributed by atoms with Gasteiger partial charge in [0.25, 0.3) is 0 Å². The summed E-state index contributed by atoms with van der Waals surface area (Å²) in [6, 6.07) is 3.82. The van der Waals surface area contributed by atoms with Crippen molar-refractivity contribution in [1.29, 1.82) is 0 Å². The molecule has 3 aromatic heterocycles. The average Bonchev–Trinajstić information content (AvgIpc) is 2.99. The van der Waals surface area contributed by atoms with E-state index < -0.39 is 5.60 Å². The first kappa shape index (κ1) is 14.3. The highest BCUT2D eigenvalue weighted by Crippen LogP contribution is 2.52. The van der Waals surface area contributed by atoms with Gasteiger partial charge in [0.15, 0.2) is 11.5 Å². The standard InChI is InChI=1S/C16H20N6O/c1-4-21-10-17-19-13(21)16(7-8-16)14-20-18-12-11(15(2,3)23)6-5-9-22(12)14/h5-6,9-10,23H,4,7-8H2,1-3H3. The Morgan fingerprint density at radius 2 is 2.00 bits per heavy atom. The molecule has 1 aliphatic rings. The Morgan fingerprint density at radius 1 is 1.22 bits per heavy atom. The second-order valence-corrected chi connectivity index (χ2v) is 6.72. The predicted octanol–water partition coefficient (Wildman–Crippen LogP) is 1.65. The summed E-state index contributed by atoms with van der Waals surface area (Å²) in [5.74, 6) is 1.82. The highest BCUT2D eigenvalue weighted by Gasteiger charge is 2.53. The summed E-state index contributed by atoms with van der Waals surface area (Å²) in [5, 5.41) is 27.6. The zero-order valence-corrected chi connectivity index (χ0v) is 13.6. The number of rotatable bonds is 4. The van der Waals surface area contributed by atoms with Gasteiger partial charge in [-0.05, 0) is 39.7 Å². The van der Waals surface area contributed by atoms with Crippen LogP contribution in [0.5, 0.6) is 0 Å². The van der Waals surface area contributed by atoms with Crippen molar-refractivity contribution in [2.75, 3.05) is 0 Å². The molecule has 4 rings (SSSR count). The second kappa shape index (κ2) is 4.61. The van der Waals surface area contributed by atoms with Crippen molar-refractivity contribution in [2.45, 2.75) is 51.2 Å². The van der Waals surface area contributed by atoms with Crippen molar-refractivity contribution in [2.24, 2.45) is 0 Å². The Bertz CT molecular complexity index is 868. The average molecular weight is 312 g/mol. The molecule has 0 bridgehead atoms. The maximum atomic E-state index is 10.4. The van der Waals surface area contributed by atoms with Gasteiger partial charge in [-0.3, -0.25) is 4.40 Å². The molecule has 0 atom stereocenters. The first-order chi connectivity index (χ1) is 11.0. The van der Waals surface area contributed by atoms with Crippen molar-refractivity contribution >= 4 is 5.65 Å². The number of hydrogen-bond donors (Lipinski definition) is 1. The zero-order valence-electron chi connectivity index (χ0n) is 13.6. The lowest BCUT2D eigenvalue weighted by atomic mass is 9.99. The van der Waals surface area contributed by atoms with Gasteiger partial charge in [0.1, 0.15) is 12.2 Å². The summed E-state index contributed by atoms with van der Waals surface area (Å²) in [4.78, 5) is 0. The highest BCUT2D eigenvalue weighted by molar-refractivity contribution is 5.52. The van der Waals surface area contributed by atoms with Crippen molar-refractivity contribution in [1.82, 2.24) is 29.4 Å². The Labute approximate surface area is 134 Å². The molecule has 0 unspecified atom stereocenters. The monoisotopic (exact) mass is 312 g/mol. The smallest absolute Gasteiger partial charge is 0.166 e. The maximum Gasteiger partial charge on any atom is 0.166 e. The molecular weight excluding hydrogens is 292 g/mol. The van der Waals surface area contributed by atoms with Crippen LogP contribution in [0.25, 0.3) is 5.65 Å². The molecule has 23 heavy (non-hydrogen) atoms. The second-order valence-electron chi connectivity index (χ2n) is 6.72. The molecule has 120 valence electrons. The predicted molar refractivity (Wildman–Crippen MR) is 83.9 cm³/mol. The van der Waals surface area contributed by atoms with E-state index in [2.05, 4.69) is 31.9 Å². The summed E-state index contributed by atoms with van der Waals surface area (Å²) in [5.41, 5.74) is 0.284. The van der Waals surface area contributed by atoms with Crippen LogP contribution in [-0.4, -0.2) is 34.5 Å². The van der Waals surface area contributed by atoms with Gasteiger partial charge in [0, 0.05) is 18.3 Å². The van der Waals surface area contributed by atoms with E-state index in [0.29, 0.717) is 5.65 Å². The molecule has 0 amide bonds. The molecule has 1 saturated carbocycles. The third-order valence-corrected chi connectivity index (χ3v) is 4.66. The number of aromatic nitrogens is 6. The Hall–Kier alpha value is -2.28. The Morgan fingerprint density at radius 3 is 2.65 bits per heavy atom. The quantitative estimate of drug-likeness (QED) is 0.792. The molecule has 7 nitrogen and oxygen atoms in total. The summed E-state index contributed by atoms with van der Waals surface area (Å²) in [6.45, 7) is 6.43. The number of aryl methyl sites for hydroxylation is 1. The number of fused-ring (bicyclic) bond motifs is 1. The minimum atomic E-state index is -0.965. The van der Waals surface area contributed by atoms with E-state index in [1.54, 1.807) is 20.2 Å². The van der Waals surface area contributed by atoms with Gasteiger partial charge in [-0.15, -0.1) is 20.4 Å². The molecule has 3 aromatic rings. The molecule has 0 aromatic carbocycles. The number of nitrogens with zero attached hydrogens (tertiary/aromatic N) is 6. The molecule has 7 heteroatoms. The lowest BCUT2D eigenvalue weighted by molar-refractivity contribution is 0.0796. The number of hydrogen-bond acceptors (Lipinski definition) is 5. The van der Waals surface area contributed by atoms with Crippen LogP contribution in [0, 0.1) is 0 Å². The van der Waals surface area contributed by atoms with Crippen molar-refractivity contribution in [3.05, 3.63) is 41.9 Å². The van der Waals surface area contributed by atoms with Crippen molar-refractivity contribution in [3.63, 3.8) is 0 Å². The van der Waals surface area contributed by atoms with E-state index in [1.165, 1.54) is 0 Å². The van der Waals surface area contributed by atoms with Gasteiger partial charge in [0.2, 0.25) is 0 Å².